The van der Waals surface area contributed by atoms with Crippen LogP contribution in [0.3, 0.4) is 0 Å². The predicted octanol–water partition coefficient (Wildman–Crippen LogP) is 3.72. The summed E-state index contributed by atoms with van der Waals surface area (Å²) in [7, 11) is -4.00. The third-order valence-electron chi connectivity index (χ3n) is 4.45. The number of anilines is 1. The molecule has 2 aromatic carbocycles. The molecular formula is C16H13F3N2O2S. The lowest BCUT2D eigenvalue weighted by Crippen LogP contribution is -2.34. The Morgan fingerprint density at radius 2 is 1.92 bits per heavy atom. The van der Waals surface area contributed by atoms with E-state index in [-0.39, 0.29) is 17.2 Å². The average molecular weight is 354 g/mol. The molecule has 8 heteroatoms. The highest BCUT2D eigenvalue weighted by Crippen LogP contribution is 2.43. The van der Waals surface area contributed by atoms with E-state index in [1.807, 2.05) is 12.1 Å². The van der Waals surface area contributed by atoms with E-state index >= 15 is 0 Å². The van der Waals surface area contributed by atoms with Crippen LogP contribution < -0.4 is 4.90 Å². The molecule has 4 nitrogen and oxygen atoms in total. The van der Waals surface area contributed by atoms with Gasteiger partial charge in [-0.1, -0.05) is 30.3 Å². The quantitative estimate of drug-likeness (QED) is 0.784. The highest BCUT2D eigenvalue weighted by Gasteiger charge is 2.44. The third kappa shape index (κ3) is 2.36. The first-order valence-corrected chi connectivity index (χ1v) is 8.91. The largest absolute Gasteiger partial charge is 0.389 e. The van der Waals surface area contributed by atoms with E-state index in [2.05, 4.69) is 4.40 Å². The molecule has 1 saturated heterocycles. The predicted molar refractivity (Wildman–Crippen MR) is 84.7 cm³/mol. The SMILES string of the molecule is O=S1(=O)N=C2C(CC(F)(F)F)CCN2c2c1ccc1ccccc21. The number of sulfonamides is 1. The van der Waals surface area contributed by atoms with Crippen molar-refractivity contribution in [2.24, 2.45) is 10.3 Å². The number of benzene rings is 2. The summed E-state index contributed by atoms with van der Waals surface area (Å²) in [5.41, 5.74) is 0.447. The molecule has 2 heterocycles. The van der Waals surface area contributed by atoms with Crippen LogP contribution in [-0.4, -0.2) is 27.0 Å². The van der Waals surface area contributed by atoms with E-state index in [9.17, 15) is 21.6 Å². The molecule has 0 N–H and O–H groups in total. The lowest BCUT2D eigenvalue weighted by Gasteiger charge is -2.28. The Morgan fingerprint density at radius 3 is 2.67 bits per heavy atom. The molecule has 0 aromatic heterocycles. The van der Waals surface area contributed by atoms with E-state index in [4.69, 9.17) is 0 Å². The van der Waals surface area contributed by atoms with Gasteiger partial charge in [0.25, 0.3) is 10.0 Å². The van der Waals surface area contributed by atoms with Crippen LogP contribution >= 0.6 is 0 Å². The van der Waals surface area contributed by atoms with Crippen LogP contribution in [-0.2, 0) is 10.0 Å². The first-order valence-electron chi connectivity index (χ1n) is 7.47. The number of hydrogen-bond acceptors (Lipinski definition) is 3. The van der Waals surface area contributed by atoms with E-state index in [0.29, 0.717) is 17.6 Å². The summed E-state index contributed by atoms with van der Waals surface area (Å²) in [6, 6.07) is 10.4. The minimum atomic E-state index is -4.36. The van der Waals surface area contributed by atoms with E-state index in [0.717, 1.165) is 5.39 Å². The van der Waals surface area contributed by atoms with Gasteiger partial charge in [0.15, 0.2) is 0 Å². The van der Waals surface area contributed by atoms with Gasteiger partial charge in [0.2, 0.25) is 0 Å². The molecule has 2 aromatic rings. The summed E-state index contributed by atoms with van der Waals surface area (Å²) in [5, 5.41) is 1.55. The first-order chi connectivity index (χ1) is 11.3. The normalized spacial score (nSPS) is 22.2. The lowest BCUT2D eigenvalue weighted by atomic mass is 10.0. The summed E-state index contributed by atoms with van der Waals surface area (Å²) in [4.78, 5) is 1.69. The molecule has 0 spiro atoms. The number of halogens is 3. The molecule has 1 unspecified atom stereocenters. The van der Waals surface area contributed by atoms with Gasteiger partial charge in [0.1, 0.15) is 10.7 Å². The Balaban J connectivity index is 1.92. The van der Waals surface area contributed by atoms with Gasteiger partial charge in [-0.05, 0) is 17.9 Å². The van der Waals surface area contributed by atoms with Crippen LogP contribution in [0, 0.1) is 5.92 Å². The highest BCUT2D eigenvalue weighted by molar-refractivity contribution is 7.90. The molecule has 0 bridgehead atoms. The van der Waals surface area contributed by atoms with Gasteiger partial charge in [-0.25, -0.2) is 0 Å². The first kappa shape index (κ1) is 15.4. The second-order valence-electron chi connectivity index (χ2n) is 6.01. The van der Waals surface area contributed by atoms with Crippen molar-refractivity contribution in [2.45, 2.75) is 23.9 Å². The smallest absolute Gasteiger partial charge is 0.327 e. The van der Waals surface area contributed by atoms with Crippen LogP contribution in [0.1, 0.15) is 12.8 Å². The second kappa shape index (κ2) is 4.95. The molecule has 1 atom stereocenters. The maximum absolute atomic E-state index is 12.8. The maximum atomic E-state index is 12.8. The summed E-state index contributed by atoms with van der Waals surface area (Å²) in [5.74, 6) is -0.914. The fraction of sp³-hybridized carbons (Fsp3) is 0.312. The topological polar surface area (TPSA) is 49.7 Å². The Kier molecular flexibility index (Phi) is 3.19. The molecule has 0 amide bonds. The maximum Gasteiger partial charge on any atom is 0.389 e. The fourth-order valence-corrected chi connectivity index (χ4v) is 4.76. The van der Waals surface area contributed by atoms with Crippen molar-refractivity contribution >= 4 is 32.3 Å². The van der Waals surface area contributed by atoms with Crippen molar-refractivity contribution in [3.63, 3.8) is 0 Å². The van der Waals surface area contributed by atoms with Crippen molar-refractivity contribution in [3.05, 3.63) is 36.4 Å². The number of amidine groups is 1. The minimum Gasteiger partial charge on any atom is -0.327 e. The molecule has 4 rings (SSSR count). The molecule has 1 fully saturated rings. The van der Waals surface area contributed by atoms with Gasteiger partial charge < -0.3 is 4.90 Å². The van der Waals surface area contributed by atoms with Crippen molar-refractivity contribution < 1.29 is 21.6 Å². The lowest BCUT2D eigenvalue weighted by molar-refractivity contribution is -0.139. The molecule has 0 aliphatic carbocycles. The Labute approximate surface area is 136 Å². The van der Waals surface area contributed by atoms with Gasteiger partial charge in [0.05, 0.1) is 12.1 Å². The number of nitrogens with zero attached hydrogens (tertiary/aromatic N) is 2. The molecule has 2 aliphatic rings. The van der Waals surface area contributed by atoms with Crippen molar-refractivity contribution in [1.29, 1.82) is 0 Å². The molecule has 126 valence electrons. The van der Waals surface area contributed by atoms with Gasteiger partial charge in [-0.3, -0.25) is 0 Å². The molecule has 2 aliphatic heterocycles. The van der Waals surface area contributed by atoms with E-state index in [1.165, 1.54) is 6.07 Å². The van der Waals surface area contributed by atoms with Crippen LogP contribution in [0.5, 0.6) is 0 Å². The molecule has 0 saturated carbocycles. The third-order valence-corrected chi connectivity index (χ3v) is 5.76. The Bertz CT molecular complexity index is 967. The zero-order chi connectivity index (χ0) is 17.1. The van der Waals surface area contributed by atoms with Crippen LogP contribution in [0.25, 0.3) is 10.8 Å². The van der Waals surface area contributed by atoms with Gasteiger partial charge in [0, 0.05) is 17.8 Å². The molecule has 24 heavy (non-hydrogen) atoms. The summed E-state index contributed by atoms with van der Waals surface area (Å²) in [6.07, 6.45) is -5.18. The van der Waals surface area contributed by atoms with Gasteiger partial charge in [-0.2, -0.15) is 21.6 Å². The number of alkyl halides is 3. The van der Waals surface area contributed by atoms with Crippen molar-refractivity contribution in [3.8, 4) is 0 Å². The molecule has 0 radical (unpaired) electrons. The highest BCUT2D eigenvalue weighted by atomic mass is 32.2. The Hall–Kier alpha value is -2.09. The van der Waals surface area contributed by atoms with Gasteiger partial charge >= 0.3 is 6.18 Å². The standard InChI is InChI=1S/C16H13F3N2O2S/c17-16(18,19)9-11-7-8-21-14-12-4-2-1-3-10(12)5-6-13(14)24(22,23)20-15(11)21/h1-6,11H,7-9H2. The summed E-state index contributed by atoms with van der Waals surface area (Å²) in [6.45, 7) is 0.329. The van der Waals surface area contributed by atoms with Crippen LogP contribution in [0.2, 0.25) is 0 Å². The zero-order valence-corrected chi connectivity index (χ0v) is 13.2. The van der Waals surface area contributed by atoms with Crippen LogP contribution in [0.15, 0.2) is 45.7 Å². The van der Waals surface area contributed by atoms with Gasteiger partial charge in [-0.15, -0.1) is 4.40 Å². The number of rotatable bonds is 1. The minimum absolute atomic E-state index is 0.0104. The second-order valence-corrected chi connectivity index (χ2v) is 7.59. The number of hydrogen-bond donors (Lipinski definition) is 0. The fourth-order valence-electron chi connectivity index (χ4n) is 3.47. The average Bonchev–Trinajstić information content (AvgIpc) is 2.86. The Morgan fingerprint density at radius 1 is 1.17 bits per heavy atom. The van der Waals surface area contributed by atoms with Crippen molar-refractivity contribution in [2.75, 3.05) is 11.4 Å². The number of fused-ring (bicyclic) bond motifs is 5. The monoisotopic (exact) mass is 354 g/mol. The van der Waals surface area contributed by atoms with E-state index < -0.39 is 28.5 Å². The summed E-state index contributed by atoms with van der Waals surface area (Å²) < 4.78 is 67.0. The van der Waals surface area contributed by atoms with Crippen molar-refractivity contribution in [1.82, 2.24) is 0 Å². The zero-order valence-electron chi connectivity index (χ0n) is 12.4. The van der Waals surface area contributed by atoms with E-state index in [1.54, 1.807) is 23.1 Å². The summed E-state index contributed by atoms with van der Waals surface area (Å²) >= 11 is 0. The molecular weight excluding hydrogens is 341 g/mol. The van der Waals surface area contributed by atoms with Crippen LogP contribution in [0.4, 0.5) is 18.9 Å².